The molecule has 1 aromatic heterocycles. The van der Waals surface area contributed by atoms with Gasteiger partial charge in [-0.3, -0.25) is 9.69 Å². The zero-order valence-corrected chi connectivity index (χ0v) is 18.0. The van der Waals surface area contributed by atoms with Gasteiger partial charge in [-0.15, -0.1) is 11.3 Å². The van der Waals surface area contributed by atoms with Gasteiger partial charge in [0.25, 0.3) is 5.91 Å². The van der Waals surface area contributed by atoms with Gasteiger partial charge in [-0.25, -0.2) is 4.79 Å². The molecular formula is C24H25N3O2S. The number of nitrogens with one attached hydrogen (secondary N) is 1. The summed E-state index contributed by atoms with van der Waals surface area (Å²) in [6, 6.07) is 17.7. The van der Waals surface area contributed by atoms with Crippen LogP contribution >= 0.6 is 11.3 Å². The molecule has 0 unspecified atom stereocenters. The molecule has 1 aliphatic rings. The molecule has 0 saturated carbocycles. The molecule has 5 nitrogen and oxygen atoms in total. The van der Waals surface area contributed by atoms with E-state index in [1.807, 2.05) is 41.5 Å². The van der Waals surface area contributed by atoms with E-state index in [2.05, 4.69) is 36.5 Å². The van der Waals surface area contributed by atoms with Gasteiger partial charge in [0.1, 0.15) is 0 Å². The molecule has 0 radical (unpaired) electrons. The Labute approximate surface area is 180 Å². The number of amides is 3. The summed E-state index contributed by atoms with van der Waals surface area (Å²) in [6.07, 6.45) is 0.879. The van der Waals surface area contributed by atoms with Crippen LogP contribution in [0.4, 0.5) is 16.2 Å². The van der Waals surface area contributed by atoms with E-state index in [0.29, 0.717) is 23.7 Å². The summed E-state index contributed by atoms with van der Waals surface area (Å²) in [5.74, 6) is -0.155. The number of carbonyl (C=O) groups is 2. The van der Waals surface area contributed by atoms with Crippen LogP contribution < -0.4 is 10.2 Å². The van der Waals surface area contributed by atoms with Gasteiger partial charge in [-0.1, -0.05) is 42.0 Å². The summed E-state index contributed by atoms with van der Waals surface area (Å²) in [7, 11) is 0. The third-order valence-corrected chi connectivity index (χ3v) is 6.11. The molecule has 0 atom stereocenters. The SMILES string of the molecule is Cc1ccc(CN2CCCN(c3ccc(C)cc3NC(=O)c3cccs3)C2=O)cc1. The van der Waals surface area contributed by atoms with Crippen molar-refractivity contribution in [1.29, 1.82) is 0 Å². The predicted octanol–water partition coefficient (Wildman–Crippen LogP) is 5.45. The maximum atomic E-state index is 13.3. The number of urea groups is 1. The number of hydrogen-bond donors (Lipinski definition) is 1. The second-order valence-corrected chi connectivity index (χ2v) is 8.59. The minimum absolute atomic E-state index is 0.0303. The highest BCUT2D eigenvalue weighted by Gasteiger charge is 2.28. The van der Waals surface area contributed by atoms with E-state index in [4.69, 9.17) is 0 Å². The Bertz CT molecular complexity index is 1040. The quantitative estimate of drug-likeness (QED) is 0.598. The molecule has 2 heterocycles. The first-order chi connectivity index (χ1) is 14.5. The fraction of sp³-hybridized carbons (Fsp3) is 0.250. The van der Waals surface area contributed by atoms with E-state index in [1.54, 1.807) is 11.0 Å². The van der Waals surface area contributed by atoms with Crippen LogP contribution in [-0.2, 0) is 6.54 Å². The molecule has 1 saturated heterocycles. The van der Waals surface area contributed by atoms with E-state index in [0.717, 1.165) is 29.8 Å². The maximum absolute atomic E-state index is 13.3. The molecule has 3 aromatic rings. The molecule has 2 aromatic carbocycles. The van der Waals surface area contributed by atoms with Crippen LogP contribution in [0.2, 0.25) is 0 Å². The number of nitrogens with zero attached hydrogens (tertiary/aromatic N) is 2. The Morgan fingerprint density at radius 1 is 1.03 bits per heavy atom. The van der Waals surface area contributed by atoms with Gasteiger partial charge in [0.2, 0.25) is 0 Å². The first kappa shape index (κ1) is 20.2. The lowest BCUT2D eigenvalue weighted by atomic mass is 10.1. The molecule has 1 aliphatic heterocycles. The van der Waals surface area contributed by atoms with E-state index in [1.165, 1.54) is 16.9 Å². The van der Waals surface area contributed by atoms with Crippen molar-refractivity contribution < 1.29 is 9.59 Å². The molecule has 0 spiro atoms. The maximum Gasteiger partial charge on any atom is 0.324 e. The second kappa shape index (κ2) is 8.71. The molecule has 1 fully saturated rings. The second-order valence-electron chi connectivity index (χ2n) is 7.65. The van der Waals surface area contributed by atoms with Crippen molar-refractivity contribution >= 4 is 34.6 Å². The number of carbonyl (C=O) groups excluding carboxylic acids is 2. The van der Waals surface area contributed by atoms with Crippen LogP contribution in [0.1, 0.15) is 32.8 Å². The van der Waals surface area contributed by atoms with Gasteiger partial charge in [0, 0.05) is 19.6 Å². The van der Waals surface area contributed by atoms with Gasteiger partial charge in [0.15, 0.2) is 0 Å². The highest BCUT2D eigenvalue weighted by atomic mass is 32.1. The number of benzene rings is 2. The van der Waals surface area contributed by atoms with Gasteiger partial charge >= 0.3 is 6.03 Å². The van der Waals surface area contributed by atoms with Crippen molar-refractivity contribution in [2.24, 2.45) is 0 Å². The number of thiophene rings is 1. The van der Waals surface area contributed by atoms with E-state index >= 15 is 0 Å². The molecule has 0 aliphatic carbocycles. The van der Waals surface area contributed by atoms with Crippen molar-refractivity contribution in [2.45, 2.75) is 26.8 Å². The Balaban J connectivity index is 1.57. The Morgan fingerprint density at radius 2 is 1.80 bits per heavy atom. The zero-order chi connectivity index (χ0) is 21.1. The molecule has 1 N–H and O–H groups in total. The van der Waals surface area contributed by atoms with E-state index < -0.39 is 0 Å². The molecular weight excluding hydrogens is 394 g/mol. The Hall–Kier alpha value is -3.12. The summed E-state index contributed by atoms with van der Waals surface area (Å²) in [5, 5.41) is 4.88. The summed E-state index contributed by atoms with van der Waals surface area (Å²) in [6.45, 7) is 5.98. The monoisotopic (exact) mass is 419 g/mol. The average Bonchev–Trinajstić information content (AvgIpc) is 3.27. The normalized spacial score (nSPS) is 14.1. The molecule has 6 heteroatoms. The highest BCUT2D eigenvalue weighted by molar-refractivity contribution is 7.12. The van der Waals surface area contributed by atoms with Gasteiger partial charge < -0.3 is 10.2 Å². The third kappa shape index (κ3) is 4.39. The molecule has 4 rings (SSSR count). The standard InChI is InChI=1S/C24H25N3O2S/c1-17-6-9-19(10-7-17)16-26-12-4-13-27(24(26)29)21-11-8-18(2)15-20(21)25-23(28)22-5-3-14-30-22/h3,5-11,14-15H,4,12-13,16H2,1-2H3,(H,25,28). The first-order valence-electron chi connectivity index (χ1n) is 10.1. The first-order valence-corrected chi connectivity index (χ1v) is 11.0. The Kier molecular flexibility index (Phi) is 5.86. The van der Waals surface area contributed by atoms with Gasteiger partial charge in [0.05, 0.1) is 16.3 Å². The van der Waals surface area contributed by atoms with Crippen LogP contribution in [0, 0.1) is 13.8 Å². The van der Waals surface area contributed by atoms with Crippen LogP contribution in [-0.4, -0.2) is 29.9 Å². The van der Waals surface area contributed by atoms with Crippen LogP contribution in [0.3, 0.4) is 0 Å². The summed E-state index contributed by atoms with van der Waals surface area (Å²) in [5.41, 5.74) is 4.76. The lowest BCUT2D eigenvalue weighted by molar-refractivity contribution is 0.103. The largest absolute Gasteiger partial charge is 0.324 e. The summed E-state index contributed by atoms with van der Waals surface area (Å²) in [4.78, 5) is 30.2. The lowest BCUT2D eigenvalue weighted by Gasteiger charge is -2.36. The van der Waals surface area contributed by atoms with Crippen LogP contribution in [0.5, 0.6) is 0 Å². The topological polar surface area (TPSA) is 52.6 Å². The molecule has 3 amide bonds. The molecule has 154 valence electrons. The van der Waals surface area contributed by atoms with Crippen molar-refractivity contribution in [3.8, 4) is 0 Å². The van der Waals surface area contributed by atoms with Crippen LogP contribution in [0.15, 0.2) is 60.0 Å². The van der Waals surface area contributed by atoms with Crippen molar-refractivity contribution in [1.82, 2.24) is 4.90 Å². The van der Waals surface area contributed by atoms with Gasteiger partial charge in [-0.05, 0) is 55.0 Å². The zero-order valence-electron chi connectivity index (χ0n) is 17.2. The number of hydrogen-bond acceptors (Lipinski definition) is 3. The number of anilines is 2. The van der Waals surface area contributed by atoms with E-state index in [-0.39, 0.29) is 11.9 Å². The average molecular weight is 420 g/mol. The summed E-state index contributed by atoms with van der Waals surface area (Å²) < 4.78 is 0. The van der Waals surface area contributed by atoms with Gasteiger partial charge in [-0.2, -0.15) is 0 Å². The summed E-state index contributed by atoms with van der Waals surface area (Å²) >= 11 is 1.40. The minimum atomic E-state index is -0.155. The van der Waals surface area contributed by atoms with Crippen molar-refractivity contribution in [3.05, 3.63) is 81.5 Å². The molecule has 30 heavy (non-hydrogen) atoms. The van der Waals surface area contributed by atoms with E-state index in [9.17, 15) is 9.59 Å². The highest BCUT2D eigenvalue weighted by Crippen LogP contribution is 2.31. The Morgan fingerprint density at radius 3 is 2.53 bits per heavy atom. The van der Waals surface area contributed by atoms with Crippen LogP contribution in [0.25, 0.3) is 0 Å². The number of rotatable bonds is 5. The smallest absolute Gasteiger partial charge is 0.320 e. The third-order valence-electron chi connectivity index (χ3n) is 5.24. The minimum Gasteiger partial charge on any atom is -0.320 e. The van der Waals surface area contributed by atoms with Crippen molar-refractivity contribution in [3.63, 3.8) is 0 Å². The fourth-order valence-electron chi connectivity index (χ4n) is 3.64. The predicted molar refractivity (Wildman–Crippen MR) is 122 cm³/mol. The lowest BCUT2D eigenvalue weighted by Crippen LogP contribution is -2.49. The number of aryl methyl sites for hydroxylation is 2. The fourth-order valence-corrected chi connectivity index (χ4v) is 4.26. The van der Waals surface area contributed by atoms with Crippen molar-refractivity contribution in [2.75, 3.05) is 23.3 Å². The molecule has 0 bridgehead atoms.